The molecule has 116 valence electrons. The lowest BCUT2D eigenvalue weighted by molar-refractivity contribution is 0.0297. The van der Waals surface area contributed by atoms with Crippen molar-refractivity contribution in [1.82, 2.24) is 15.1 Å². The maximum atomic E-state index is 6.44. The number of aromatic nitrogens is 2. The first-order valence-electron chi connectivity index (χ1n) is 7.57. The molecule has 1 heterocycles. The van der Waals surface area contributed by atoms with E-state index in [0.29, 0.717) is 0 Å². The third-order valence-electron chi connectivity index (χ3n) is 3.69. The van der Waals surface area contributed by atoms with Gasteiger partial charge in [0, 0.05) is 26.1 Å². The summed E-state index contributed by atoms with van der Waals surface area (Å²) in [5.41, 5.74) is 2.06. The van der Waals surface area contributed by atoms with Crippen molar-refractivity contribution in [2.24, 2.45) is 7.05 Å². The van der Waals surface area contributed by atoms with Crippen molar-refractivity contribution in [2.75, 3.05) is 13.7 Å². The Kier molecular flexibility index (Phi) is 7.56. The van der Waals surface area contributed by atoms with Crippen LogP contribution in [-0.2, 0) is 24.6 Å². The van der Waals surface area contributed by atoms with Gasteiger partial charge >= 0.3 is 0 Å². The Morgan fingerprint density at radius 3 is 2.50 bits per heavy atom. The van der Waals surface area contributed by atoms with Gasteiger partial charge in [0.25, 0.3) is 0 Å². The molecule has 0 spiro atoms. The Labute approximate surface area is 127 Å². The van der Waals surface area contributed by atoms with Crippen molar-refractivity contribution in [3.63, 3.8) is 0 Å². The van der Waals surface area contributed by atoms with Crippen LogP contribution in [0.3, 0.4) is 0 Å². The predicted octanol–water partition coefficient (Wildman–Crippen LogP) is 2.97. The lowest BCUT2D eigenvalue weighted by Crippen LogP contribution is -2.41. The minimum atomic E-state index is 0.214. The van der Waals surface area contributed by atoms with Crippen LogP contribution in [0.4, 0.5) is 0 Å². The molecule has 0 radical (unpaired) electrons. The van der Waals surface area contributed by atoms with Gasteiger partial charge < -0.3 is 10.1 Å². The molecule has 0 aliphatic heterocycles. The van der Waals surface area contributed by atoms with Gasteiger partial charge in [-0.2, -0.15) is 5.10 Å². The van der Waals surface area contributed by atoms with Crippen molar-refractivity contribution < 1.29 is 4.74 Å². The van der Waals surface area contributed by atoms with Crippen LogP contribution in [0.2, 0.25) is 5.02 Å². The molecule has 0 amide bonds. The smallest absolute Gasteiger partial charge is 0.0850 e. The molecule has 1 aromatic rings. The van der Waals surface area contributed by atoms with Gasteiger partial charge in [-0.25, -0.2) is 0 Å². The van der Waals surface area contributed by atoms with Crippen molar-refractivity contribution in [2.45, 2.75) is 58.6 Å². The molecule has 1 rings (SSSR count). The Balaban J connectivity index is 2.89. The Morgan fingerprint density at radius 1 is 1.35 bits per heavy atom. The van der Waals surface area contributed by atoms with E-state index in [2.05, 4.69) is 24.3 Å². The molecule has 1 aromatic heterocycles. The number of rotatable bonds is 9. The van der Waals surface area contributed by atoms with Gasteiger partial charge in [-0.1, -0.05) is 31.9 Å². The summed E-state index contributed by atoms with van der Waals surface area (Å²) in [5.74, 6) is 0. The molecule has 5 heteroatoms. The second-order valence-electron chi connectivity index (χ2n) is 5.07. The number of likely N-dealkylation sites (N-methyl/N-ethyl adjacent to an activating group) is 1. The summed E-state index contributed by atoms with van der Waals surface area (Å²) in [6.07, 6.45) is 4.08. The van der Waals surface area contributed by atoms with Crippen LogP contribution < -0.4 is 5.32 Å². The number of nitrogens with one attached hydrogen (secondary N) is 1. The van der Waals surface area contributed by atoms with E-state index in [1.54, 1.807) is 0 Å². The van der Waals surface area contributed by atoms with Crippen molar-refractivity contribution >= 4 is 11.6 Å². The second kappa shape index (κ2) is 8.65. The van der Waals surface area contributed by atoms with E-state index >= 15 is 0 Å². The minimum absolute atomic E-state index is 0.214. The lowest BCUT2D eigenvalue weighted by Gasteiger charge is -2.26. The quantitative estimate of drug-likeness (QED) is 0.762. The van der Waals surface area contributed by atoms with E-state index in [0.717, 1.165) is 48.7 Å². The Hall–Kier alpha value is -0.580. The highest BCUT2D eigenvalue weighted by atomic mass is 35.5. The van der Waals surface area contributed by atoms with Gasteiger partial charge in [0.1, 0.15) is 0 Å². The minimum Gasteiger partial charge on any atom is -0.377 e. The van der Waals surface area contributed by atoms with Gasteiger partial charge in [-0.3, -0.25) is 4.68 Å². The number of halogens is 1. The highest BCUT2D eigenvalue weighted by molar-refractivity contribution is 6.31. The van der Waals surface area contributed by atoms with Gasteiger partial charge in [0.05, 0.1) is 22.5 Å². The highest BCUT2D eigenvalue weighted by Gasteiger charge is 2.23. The molecule has 4 nitrogen and oxygen atoms in total. The van der Waals surface area contributed by atoms with Gasteiger partial charge in [-0.15, -0.1) is 0 Å². The van der Waals surface area contributed by atoms with E-state index in [-0.39, 0.29) is 12.1 Å². The normalized spacial score (nSPS) is 14.5. The van der Waals surface area contributed by atoms with E-state index in [4.69, 9.17) is 16.3 Å². The number of hydrogen-bond donors (Lipinski definition) is 1. The molecule has 0 aliphatic rings. The summed E-state index contributed by atoms with van der Waals surface area (Å²) in [6.45, 7) is 7.04. The first-order valence-corrected chi connectivity index (χ1v) is 7.95. The van der Waals surface area contributed by atoms with Crippen LogP contribution in [0, 0.1) is 0 Å². The van der Waals surface area contributed by atoms with E-state index in [1.165, 1.54) is 0 Å². The Morgan fingerprint density at radius 2 is 2.05 bits per heavy atom. The van der Waals surface area contributed by atoms with E-state index in [1.807, 2.05) is 25.7 Å². The van der Waals surface area contributed by atoms with E-state index < -0.39 is 0 Å². The largest absolute Gasteiger partial charge is 0.377 e. The number of ether oxygens (including phenoxy) is 1. The third-order valence-corrected chi connectivity index (χ3v) is 4.13. The topological polar surface area (TPSA) is 39.1 Å². The molecule has 0 saturated carbocycles. The molecule has 0 aliphatic carbocycles. The summed E-state index contributed by atoms with van der Waals surface area (Å²) in [4.78, 5) is 0. The monoisotopic (exact) mass is 301 g/mol. The fourth-order valence-electron chi connectivity index (χ4n) is 2.57. The summed E-state index contributed by atoms with van der Waals surface area (Å²) >= 11 is 6.44. The first kappa shape index (κ1) is 17.5. The zero-order valence-electron chi connectivity index (χ0n) is 13.4. The zero-order chi connectivity index (χ0) is 15.1. The first-order chi connectivity index (χ1) is 9.58. The van der Waals surface area contributed by atoms with Crippen molar-refractivity contribution in [3.05, 3.63) is 16.4 Å². The molecule has 2 unspecified atom stereocenters. The van der Waals surface area contributed by atoms with Crippen molar-refractivity contribution in [1.29, 1.82) is 0 Å². The molecule has 2 atom stereocenters. The van der Waals surface area contributed by atoms with Gasteiger partial charge in [0.15, 0.2) is 0 Å². The average Bonchev–Trinajstić information content (AvgIpc) is 2.71. The van der Waals surface area contributed by atoms with Crippen LogP contribution >= 0.6 is 11.6 Å². The van der Waals surface area contributed by atoms with Crippen LogP contribution in [0.1, 0.15) is 45.0 Å². The summed E-state index contributed by atoms with van der Waals surface area (Å²) in [7, 11) is 3.94. The predicted molar refractivity (Wildman–Crippen MR) is 84.5 cm³/mol. The summed E-state index contributed by atoms with van der Waals surface area (Å²) < 4.78 is 7.79. The maximum Gasteiger partial charge on any atom is 0.0850 e. The molecule has 0 bridgehead atoms. The average molecular weight is 302 g/mol. The summed E-state index contributed by atoms with van der Waals surface area (Å²) in [5, 5.41) is 8.67. The fourth-order valence-corrected chi connectivity index (χ4v) is 2.94. The SMILES string of the molecule is CCCC(OCC)C(Cc1c(Cl)c(CC)nn1C)NC. The van der Waals surface area contributed by atoms with Gasteiger partial charge in [-0.05, 0) is 26.8 Å². The Bertz CT molecular complexity index is 400. The molecule has 20 heavy (non-hydrogen) atoms. The van der Waals surface area contributed by atoms with Crippen LogP contribution in [0.5, 0.6) is 0 Å². The second-order valence-corrected chi connectivity index (χ2v) is 5.44. The number of hydrogen-bond acceptors (Lipinski definition) is 3. The molecule has 0 aromatic carbocycles. The lowest BCUT2D eigenvalue weighted by atomic mass is 10.0. The van der Waals surface area contributed by atoms with Crippen LogP contribution in [0.15, 0.2) is 0 Å². The molecule has 0 fully saturated rings. The standard InChI is InChI=1S/C15H28ClN3O/c1-6-9-14(20-8-3)12(17-4)10-13-15(16)11(7-2)18-19(13)5/h12,14,17H,6-10H2,1-5H3. The molecule has 0 saturated heterocycles. The third kappa shape index (κ3) is 4.21. The number of aryl methyl sites for hydroxylation is 2. The van der Waals surface area contributed by atoms with Crippen LogP contribution in [0.25, 0.3) is 0 Å². The molecular formula is C15H28ClN3O. The number of nitrogens with zero attached hydrogens (tertiary/aromatic N) is 2. The maximum absolute atomic E-state index is 6.44. The van der Waals surface area contributed by atoms with E-state index in [9.17, 15) is 0 Å². The van der Waals surface area contributed by atoms with Crippen molar-refractivity contribution in [3.8, 4) is 0 Å². The van der Waals surface area contributed by atoms with Gasteiger partial charge in [0.2, 0.25) is 0 Å². The molecular weight excluding hydrogens is 274 g/mol. The van der Waals surface area contributed by atoms with Crippen LogP contribution in [-0.4, -0.2) is 35.6 Å². The molecule has 1 N–H and O–H groups in total. The summed E-state index contributed by atoms with van der Waals surface area (Å²) in [6, 6.07) is 0.257. The zero-order valence-corrected chi connectivity index (χ0v) is 14.1. The fraction of sp³-hybridized carbons (Fsp3) is 0.800. The highest BCUT2D eigenvalue weighted by Crippen LogP contribution is 2.23.